The molecule has 6 heteroatoms. The van der Waals surface area contributed by atoms with Crippen molar-refractivity contribution in [2.75, 3.05) is 0 Å². The average molecular weight is 411 g/mol. The van der Waals surface area contributed by atoms with E-state index in [-0.39, 0.29) is 16.7 Å². The SMILES string of the molecule is Cc1ccccc1-n1c(C)nnc1SC(C)C(=O)NC12CC3CC(CC(C3)C1)C2. The summed E-state index contributed by atoms with van der Waals surface area (Å²) in [6.45, 7) is 6.04. The van der Waals surface area contributed by atoms with Gasteiger partial charge in [0.25, 0.3) is 0 Å². The van der Waals surface area contributed by atoms with Crippen LogP contribution < -0.4 is 5.32 Å². The van der Waals surface area contributed by atoms with Crippen LogP contribution in [0.25, 0.3) is 5.69 Å². The number of benzene rings is 1. The van der Waals surface area contributed by atoms with Gasteiger partial charge in [0.15, 0.2) is 5.16 Å². The number of nitrogens with zero attached hydrogens (tertiary/aromatic N) is 3. The number of hydrogen-bond acceptors (Lipinski definition) is 4. The maximum absolute atomic E-state index is 13.2. The first kappa shape index (κ1) is 19.2. The molecule has 154 valence electrons. The van der Waals surface area contributed by atoms with Gasteiger partial charge in [-0.15, -0.1) is 10.2 Å². The molecule has 1 aromatic heterocycles. The summed E-state index contributed by atoms with van der Waals surface area (Å²) in [5.41, 5.74) is 2.30. The summed E-state index contributed by atoms with van der Waals surface area (Å²) in [6, 6.07) is 8.23. The Kier molecular flexibility index (Phi) is 4.72. The lowest BCUT2D eigenvalue weighted by Gasteiger charge is -2.57. The molecule has 0 spiro atoms. The molecule has 4 fully saturated rings. The summed E-state index contributed by atoms with van der Waals surface area (Å²) in [4.78, 5) is 13.2. The van der Waals surface area contributed by atoms with E-state index < -0.39 is 0 Å². The quantitative estimate of drug-likeness (QED) is 0.740. The number of para-hydroxylation sites is 1. The van der Waals surface area contributed by atoms with Crippen molar-refractivity contribution in [1.29, 1.82) is 0 Å². The molecule has 4 bridgehead atoms. The van der Waals surface area contributed by atoms with Crippen LogP contribution in [0.1, 0.15) is 56.8 Å². The fourth-order valence-corrected chi connectivity index (χ4v) is 7.26. The van der Waals surface area contributed by atoms with E-state index >= 15 is 0 Å². The third-order valence-electron chi connectivity index (χ3n) is 7.23. The van der Waals surface area contributed by atoms with Crippen molar-refractivity contribution >= 4 is 17.7 Å². The predicted molar refractivity (Wildman–Crippen MR) is 115 cm³/mol. The first-order chi connectivity index (χ1) is 13.9. The van der Waals surface area contributed by atoms with Crippen LogP contribution in [-0.2, 0) is 4.79 Å². The van der Waals surface area contributed by atoms with Crippen molar-refractivity contribution in [3.8, 4) is 5.69 Å². The van der Waals surface area contributed by atoms with E-state index in [1.54, 1.807) is 0 Å². The number of amides is 1. The largest absolute Gasteiger partial charge is 0.350 e. The zero-order valence-electron chi connectivity index (χ0n) is 17.5. The minimum Gasteiger partial charge on any atom is -0.350 e. The number of aryl methyl sites for hydroxylation is 2. The van der Waals surface area contributed by atoms with Crippen molar-refractivity contribution in [3.63, 3.8) is 0 Å². The smallest absolute Gasteiger partial charge is 0.233 e. The highest BCUT2D eigenvalue weighted by Gasteiger charge is 2.51. The lowest BCUT2D eigenvalue weighted by molar-refractivity contribution is -0.126. The van der Waals surface area contributed by atoms with E-state index in [0.29, 0.717) is 0 Å². The minimum absolute atomic E-state index is 0.0558. The van der Waals surface area contributed by atoms with E-state index in [4.69, 9.17) is 0 Å². The Labute approximate surface area is 177 Å². The molecule has 0 saturated heterocycles. The van der Waals surface area contributed by atoms with Crippen LogP contribution in [0, 0.1) is 31.6 Å². The topological polar surface area (TPSA) is 59.8 Å². The summed E-state index contributed by atoms with van der Waals surface area (Å²) in [6.07, 6.45) is 7.70. The summed E-state index contributed by atoms with van der Waals surface area (Å²) in [5, 5.41) is 12.8. The van der Waals surface area contributed by atoms with Crippen LogP contribution in [0.5, 0.6) is 0 Å². The van der Waals surface area contributed by atoms with Gasteiger partial charge in [-0.05, 0) is 88.7 Å². The molecule has 6 rings (SSSR count). The molecule has 2 aromatic rings. The van der Waals surface area contributed by atoms with E-state index in [0.717, 1.165) is 34.4 Å². The molecule has 5 nitrogen and oxygen atoms in total. The fraction of sp³-hybridized carbons (Fsp3) is 0.609. The number of nitrogens with one attached hydrogen (secondary N) is 1. The normalized spacial score (nSPS) is 31.1. The van der Waals surface area contributed by atoms with Crippen LogP contribution >= 0.6 is 11.8 Å². The van der Waals surface area contributed by atoms with Crippen LogP contribution in [-0.4, -0.2) is 31.5 Å². The molecular weight excluding hydrogens is 380 g/mol. The summed E-state index contributed by atoms with van der Waals surface area (Å²) >= 11 is 1.51. The number of carbonyl (C=O) groups is 1. The Bertz CT molecular complexity index is 901. The molecule has 1 unspecified atom stereocenters. The second-order valence-electron chi connectivity index (χ2n) is 9.60. The number of carbonyl (C=O) groups excluding carboxylic acids is 1. The van der Waals surface area contributed by atoms with E-state index in [2.05, 4.69) is 39.1 Å². The van der Waals surface area contributed by atoms with Gasteiger partial charge in [-0.1, -0.05) is 30.0 Å². The van der Waals surface area contributed by atoms with Crippen molar-refractivity contribution in [2.45, 2.75) is 75.2 Å². The Morgan fingerprint density at radius 1 is 1.10 bits per heavy atom. The molecule has 4 aliphatic carbocycles. The van der Waals surface area contributed by atoms with Gasteiger partial charge in [0, 0.05) is 5.54 Å². The Hall–Kier alpha value is -1.82. The standard InChI is InChI=1S/C23H30N4OS/c1-14-6-4-5-7-20(14)27-16(3)25-26-22(27)29-15(2)21(28)24-23-11-17-8-18(12-23)10-19(9-17)13-23/h4-7,15,17-19H,8-13H2,1-3H3,(H,24,28). The summed E-state index contributed by atoms with van der Waals surface area (Å²) in [7, 11) is 0. The fourth-order valence-electron chi connectivity index (χ4n) is 6.35. The van der Waals surface area contributed by atoms with Crippen molar-refractivity contribution in [2.24, 2.45) is 17.8 Å². The first-order valence-electron chi connectivity index (χ1n) is 10.9. The molecule has 1 atom stereocenters. The molecule has 1 aromatic carbocycles. The zero-order valence-corrected chi connectivity index (χ0v) is 18.3. The number of rotatable bonds is 5. The van der Waals surface area contributed by atoms with E-state index in [1.165, 1.54) is 55.9 Å². The van der Waals surface area contributed by atoms with Gasteiger partial charge < -0.3 is 5.32 Å². The van der Waals surface area contributed by atoms with Crippen LogP contribution in [0.3, 0.4) is 0 Å². The highest BCUT2D eigenvalue weighted by atomic mass is 32.2. The van der Waals surface area contributed by atoms with Gasteiger partial charge in [-0.25, -0.2) is 0 Å². The van der Waals surface area contributed by atoms with Gasteiger partial charge in [0.05, 0.1) is 10.9 Å². The number of thioether (sulfide) groups is 1. The highest BCUT2D eigenvalue weighted by Crippen LogP contribution is 2.55. The van der Waals surface area contributed by atoms with Gasteiger partial charge in [-0.3, -0.25) is 9.36 Å². The molecule has 29 heavy (non-hydrogen) atoms. The second-order valence-corrected chi connectivity index (χ2v) is 10.9. The van der Waals surface area contributed by atoms with Crippen molar-refractivity contribution in [3.05, 3.63) is 35.7 Å². The van der Waals surface area contributed by atoms with E-state index in [9.17, 15) is 4.79 Å². The molecular formula is C23H30N4OS. The maximum atomic E-state index is 13.2. The predicted octanol–water partition coefficient (Wildman–Crippen LogP) is 4.45. The zero-order chi connectivity index (χ0) is 20.2. The second kappa shape index (κ2) is 7.15. The number of hydrogen-bond donors (Lipinski definition) is 1. The molecule has 4 saturated carbocycles. The maximum Gasteiger partial charge on any atom is 0.233 e. The van der Waals surface area contributed by atoms with Gasteiger partial charge >= 0.3 is 0 Å². The molecule has 4 aliphatic rings. The summed E-state index contributed by atoms with van der Waals surface area (Å²) in [5.74, 6) is 3.48. The molecule has 1 amide bonds. The third kappa shape index (κ3) is 3.49. The summed E-state index contributed by atoms with van der Waals surface area (Å²) < 4.78 is 2.06. The van der Waals surface area contributed by atoms with Crippen LogP contribution in [0.15, 0.2) is 29.4 Å². The Morgan fingerprint density at radius 3 is 2.34 bits per heavy atom. The molecule has 0 aliphatic heterocycles. The number of aromatic nitrogens is 3. The van der Waals surface area contributed by atoms with E-state index in [1.807, 2.05) is 26.0 Å². The van der Waals surface area contributed by atoms with Gasteiger partial charge in [0.1, 0.15) is 5.82 Å². The third-order valence-corrected chi connectivity index (χ3v) is 8.27. The lowest BCUT2D eigenvalue weighted by atomic mass is 9.53. The van der Waals surface area contributed by atoms with Crippen LogP contribution in [0.2, 0.25) is 0 Å². The Balaban J connectivity index is 1.32. The first-order valence-corrected chi connectivity index (χ1v) is 11.8. The molecule has 0 radical (unpaired) electrons. The van der Waals surface area contributed by atoms with Crippen LogP contribution in [0.4, 0.5) is 0 Å². The van der Waals surface area contributed by atoms with Gasteiger partial charge in [0.2, 0.25) is 5.91 Å². The monoisotopic (exact) mass is 410 g/mol. The lowest BCUT2D eigenvalue weighted by Crippen LogP contribution is -2.60. The molecule has 1 heterocycles. The highest BCUT2D eigenvalue weighted by molar-refractivity contribution is 8.00. The average Bonchev–Trinajstić information content (AvgIpc) is 3.00. The van der Waals surface area contributed by atoms with Gasteiger partial charge in [-0.2, -0.15) is 0 Å². The Morgan fingerprint density at radius 2 is 1.72 bits per heavy atom. The van der Waals surface area contributed by atoms with Crippen molar-refractivity contribution < 1.29 is 4.79 Å². The van der Waals surface area contributed by atoms with Crippen molar-refractivity contribution in [1.82, 2.24) is 20.1 Å². The molecule has 1 N–H and O–H groups in total. The minimum atomic E-state index is -0.200.